The van der Waals surface area contributed by atoms with E-state index in [1.54, 1.807) is 18.2 Å². The summed E-state index contributed by atoms with van der Waals surface area (Å²) < 4.78 is 39.3. The average Bonchev–Trinajstić information content (AvgIpc) is 2.63. The van der Waals surface area contributed by atoms with Gasteiger partial charge in [0.1, 0.15) is 0 Å². The number of nitrogens with one attached hydrogen (secondary N) is 2. The summed E-state index contributed by atoms with van der Waals surface area (Å²) in [5.74, 6) is -0.783. The number of rotatable bonds is 4. The predicted octanol–water partition coefficient (Wildman–Crippen LogP) is 4.81. The summed E-state index contributed by atoms with van der Waals surface area (Å²) in [5.41, 5.74) is -0.0768. The topological polar surface area (TPSA) is 44.4 Å². The smallest absolute Gasteiger partial charge is 0.370 e. The van der Waals surface area contributed by atoms with Gasteiger partial charge in [-0.05, 0) is 63.2 Å². The Bertz CT molecular complexity index is 807. The van der Waals surface area contributed by atoms with E-state index in [1.165, 1.54) is 24.6 Å². The van der Waals surface area contributed by atoms with Gasteiger partial charge in [-0.1, -0.05) is 18.2 Å². The second kappa shape index (κ2) is 8.00. The molecular formula is C20H22F3N3O. The van der Waals surface area contributed by atoms with Crippen molar-refractivity contribution >= 4 is 17.3 Å². The minimum Gasteiger partial charge on any atom is -0.370 e. The third kappa shape index (κ3) is 4.80. The Hall–Kier alpha value is -2.54. The third-order valence-electron chi connectivity index (χ3n) is 4.70. The maximum atomic E-state index is 13.1. The van der Waals surface area contributed by atoms with Gasteiger partial charge >= 0.3 is 6.18 Å². The van der Waals surface area contributed by atoms with Crippen LogP contribution in [0.2, 0.25) is 0 Å². The van der Waals surface area contributed by atoms with Crippen molar-refractivity contribution in [2.45, 2.75) is 31.6 Å². The van der Waals surface area contributed by atoms with Crippen LogP contribution in [0, 0.1) is 0 Å². The lowest BCUT2D eigenvalue weighted by Gasteiger charge is -2.33. The van der Waals surface area contributed by atoms with Gasteiger partial charge in [0.15, 0.2) is 0 Å². The molecule has 1 aliphatic heterocycles. The van der Waals surface area contributed by atoms with Gasteiger partial charge in [-0.3, -0.25) is 9.69 Å². The van der Waals surface area contributed by atoms with Crippen LogP contribution in [0.5, 0.6) is 0 Å². The number of hydrogen-bond acceptors (Lipinski definition) is 3. The Labute approximate surface area is 156 Å². The van der Waals surface area contributed by atoms with E-state index < -0.39 is 23.2 Å². The molecule has 1 saturated heterocycles. The van der Waals surface area contributed by atoms with E-state index in [-0.39, 0.29) is 6.17 Å². The molecule has 3 rings (SSSR count). The molecule has 0 saturated carbocycles. The van der Waals surface area contributed by atoms with Crippen molar-refractivity contribution in [3.63, 3.8) is 0 Å². The maximum absolute atomic E-state index is 13.1. The number of anilines is 2. The molecule has 1 fully saturated rings. The number of piperidine rings is 1. The minimum atomic E-state index is -4.58. The van der Waals surface area contributed by atoms with E-state index >= 15 is 0 Å². The largest absolute Gasteiger partial charge is 0.417 e. The van der Waals surface area contributed by atoms with E-state index in [1.807, 2.05) is 6.07 Å². The average molecular weight is 377 g/mol. The fourth-order valence-electron chi connectivity index (χ4n) is 3.26. The van der Waals surface area contributed by atoms with Gasteiger partial charge in [-0.2, -0.15) is 13.2 Å². The highest BCUT2D eigenvalue weighted by Crippen LogP contribution is 2.32. The Kier molecular flexibility index (Phi) is 5.70. The molecule has 7 heteroatoms. The van der Waals surface area contributed by atoms with E-state index in [0.717, 1.165) is 31.1 Å². The highest BCUT2D eigenvalue weighted by atomic mass is 19.4. The van der Waals surface area contributed by atoms with Gasteiger partial charge in [0.2, 0.25) is 0 Å². The molecular weight excluding hydrogens is 355 g/mol. The highest BCUT2D eigenvalue weighted by molar-refractivity contribution is 6.05. The highest BCUT2D eigenvalue weighted by Gasteiger charge is 2.34. The molecule has 1 atom stereocenters. The Morgan fingerprint density at radius 2 is 1.81 bits per heavy atom. The second-order valence-corrected chi connectivity index (χ2v) is 6.71. The number of alkyl halides is 3. The number of carbonyl (C=O) groups is 1. The molecule has 0 aliphatic carbocycles. The second-order valence-electron chi connectivity index (χ2n) is 6.71. The van der Waals surface area contributed by atoms with Gasteiger partial charge in [-0.15, -0.1) is 0 Å². The van der Waals surface area contributed by atoms with Gasteiger partial charge in [0.25, 0.3) is 5.91 Å². The van der Waals surface area contributed by atoms with Crippen LogP contribution in [0.4, 0.5) is 24.5 Å². The Morgan fingerprint density at radius 1 is 1.07 bits per heavy atom. The van der Waals surface area contributed by atoms with Crippen molar-refractivity contribution in [1.29, 1.82) is 0 Å². The molecule has 0 bridgehead atoms. The van der Waals surface area contributed by atoms with Crippen molar-refractivity contribution < 1.29 is 18.0 Å². The molecule has 144 valence electrons. The number of carbonyl (C=O) groups excluding carboxylic acids is 1. The zero-order valence-corrected chi connectivity index (χ0v) is 15.0. The molecule has 1 unspecified atom stereocenters. The van der Waals surface area contributed by atoms with Gasteiger partial charge in [-0.25, -0.2) is 0 Å². The lowest BCUT2D eigenvalue weighted by atomic mass is 10.1. The van der Waals surface area contributed by atoms with Gasteiger partial charge in [0, 0.05) is 11.4 Å². The quantitative estimate of drug-likeness (QED) is 0.804. The van der Waals surface area contributed by atoms with Crippen LogP contribution in [-0.4, -0.2) is 30.6 Å². The first-order chi connectivity index (χ1) is 12.8. The van der Waals surface area contributed by atoms with Crippen molar-refractivity contribution in [3.05, 3.63) is 59.7 Å². The SMILES string of the molecule is CN1CCCCC1Nc1cccc(NC(=O)c2ccccc2C(F)(F)F)c1. The molecule has 0 aromatic heterocycles. The summed E-state index contributed by atoms with van der Waals surface area (Å²) in [4.78, 5) is 14.6. The van der Waals surface area contributed by atoms with Crippen molar-refractivity contribution in [2.24, 2.45) is 0 Å². The van der Waals surface area contributed by atoms with Crippen LogP contribution in [0.3, 0.4) is 0 Å². The zero-order chi connectivity index (χ0) is 19.4. The fraction of sp³-hybridized carbons (Fsp3) is 0.350. The molecule has 0 radical (unpaired) electrons. The number of nitrogens with zero attached hydrogens (tertiary/aromatic N) is 1. The summed E-state index contributed by atoms with van der Waals surface area (Å²) >= 11 is 0. The number of benzene rings is 2. The van der Waals surface area contributed by atoms with Gasteiger partial charge < -0.3 is 10.6 Å². The minimum absolute atomic E-state index is 0.204. The molecule has 2 aromatic rings. The van der Waals surface area contributed by atoms with E-state index in [0.29, 0.717) is 5.69 Å². The number of likely N-dealkylation sites (tertiary alicyclic amines) is 1. The number of amides is 1. The molecule has 1 amide bonds. The Morgan fingerprint density at radius 3 is 2.56 bits per heavy atom. The van der Waals surface area contributed by atoms with E-state index in [9.17, 15) is 18.0 Å². The molecule has 4 nitrogen and oxygen atoms in total. The molecule has 27 heavy (non-hydrogen) atoms. The predicted molar refractivity (Wildman–Crippen MR) is 99.7 cm³/mol. The van der Waals surface area contributed by atoms with E-state index in [4.69, 9.17) is 0 Å². The van der Waals surface area contributed by atoms with Crippen molar-refractivity contribution in [3.8, 4) is 0 Å². The lowest BCUT2D eigenvalue weighted by molar-refractivity contribution is -0.137. The summed E-state index contributed by atoms with van der Waals surface area (Å²) in [6, 6.07) is 11.8. The lowest BCUT2D eigenvalue weighted by Crippen LogP contribution is -2.41. The normalized spacial score (nSPS) is 18.1. The van der Waals surface area contributed by atoms with Crippen LogP contribution < -0.4 is 10.6 Å². The summed E-state index contributed by atoms with van der Waals surface area (Å²) in [5, 5.41) is 5.98. The van der Waals surface area contributed by atoms with Crippen molar-refractivity contribution in [2.75, 3.05) is 24.2 Å². The van der Waals surface area contributed by atoms with Crippen LogP contribution in [0.15, 0.2) is 48.5 Å². The van der Waals surface area contributed by atoms with Gasteiger partial charge in [0.05, 0.1) is 17.3 Å². The number of hydrogen-bond donors (Lipinski definition) is 2. The monoisotopic (exact) mass is 377 g/mol. The summed E-state index contributed by atoms with van der Waals surface area (Å²) in [7, 11) is 2.05. The van der Waals surface area contributed by atoms with Crippen LogP contribution in [0.25, 0.3) is 0 Å². The molecule has 2 N–H and O–H groups in total. The molecule has 1 heterocycles. The maximum Gasteiger partial charge on any atom is 0.417 e. The standard InChI is InChI=1S/C20H22F3N3O/c1-26-12-5-4-11-18(26)24-14-7-6-8-15(13-14)25-19(27)16-9-2-3-10-17(16)20(21,22)23/h2-3,6-10,13,18,24H,4-5,11-12H2,1H3,(H,25,27). The first-order valence-electron chi connectivity index (χ1n) is 8.89. The van der Waals surface area contributed by atoms with Crippen molar-refractivity contribution in [1.82, 2.24) is 4.90 Å². The van der Waals surface area contributed by atoms with Crippen LogP contribution in [-0.2, 0) is 6.18 Å². The zero-order valence-electron chi connectivity index (χ0n) is 15.0. The first-order valence-corrected chi connectivity index (χ1v) is 8.89. The van der Waals surface area contributed by atoms with Crippen LogP contribution in [0.1, 0.15) is 35.2 Å². The summed E-state index contributed by atoms with van der Waals surface area (Å²) in [6.45, 7) is 1.02. The number of halogens is 3. The van der Waals surface area contributed by atoms with Crippen LogP contribution >= 0.6 is 0 Å². The molecule has 2 aromatic carbocycles. The molecule has 1 aliphatic rings. The summed E-state index contributed by atoms with van der Waals surface area (Å²) in [6.07, 6.45) is -1.04. The fourth-order valence-corrected chi connectivity index (χ4v) is 3.26. The molecule has 0 spiro atoms. The van der Waals surface area contributed by atoms with E-state index in [2.05, 4.69) is 22.6 Å². The Balaban J connectivity index is 1.74. The first kappa shape index (κ1) is 19.2. The third-order valence-corrected chi connectivity index (χ3v) is 4.70.